The zero-order valence-corrected chi connectivity index (χ0v) is 14.4. The van der Waals surface area contributed by atoms with Crippen LogP contribution in [0.3, 0.4) is 0 Å². The first-order valence-electron chi connectivity index (χ1n) is 8.57. The molecule has 0 radical (unpaired) electrons. The van der Waals surface area contributed by atoms with Crippen molar-refractivity contribution in [2.45, 2.75) is 58.8 Å². The van der Waals surface area contributed by atoms with Crippen LogP contribution in [0.25, 0.3) is 0 Å². The molecule has 1 aromatic rings. The summed E-state index contributed by atoms with van der Waals surface area (Å²) in [5, 5.41) is 0. The van der Waals surface area contributed by atoms with Crippen LogP contribution in [0.2, 0.25) is 0 Å². The lowest BCUT2D eigenvalue weighted by atomic mass is 9.86. The number of alkyl halides is 1. The molecule has 0 saturated heterocycles. The number of allylic oxidation sites excluding steroid dienone is 3. The molecule has 0 saturated carbocycles. The largest absolute Gasteiger partial charge is 0.246 e. The van der Waals surface area contributed by atoms with E-state index in [4.69, 9.17) is 0 Å². The van der Waals surface area contributed by atoms with Gasteiger partial charge in [0.05, 0.1) is 0 Å². The minimum absolute atomic E-state index is 0.186. The summed E-state index contributed by atoms with van der Waals surface area (Å²) in [6.45, 7) is 9.78. The number of benzene rings is 1. The molecule has 1 aromatic carbocycles. The molecule has 0 aliphatic heterocycles. The van der Waals surface area contributed by atoms with Crippen LogP contribution >= 0.6 is 0 Å². The van der Waals surface area contributed by atoms with E-state index in [1.165, 1.54) is 43.2 Å². The highest BCUT2D eigenvalue weighted by atomic mass is 19.1. The van der Waals surface area contributed by atoms with Gasteiger partial charge in [0.25, 0.3) is 0 Å². The summed E-state index contributed by atoms with van der Waals surface area (Å²) in [4.78, 5) is 0. The third kappa shape index (κ3) is 6.17. The molecule has 0 bridgehead atoms. The van der Waals surface area contributed by atoms with Gasteiger partial charge in [-0.1, -0.05) is 69.5 Å². The van der Waals surface area contributed by atoms with Crippen LogP contribution < -0.4 is 0 Å². The fourth-order valence-electron chi connectivity index (χ4n) is 2.76. The van der Waals surface area contributed by atoms with Gasteiger partial charge in [-0.2, -0.15) is 0 Å². The van der Waals surface area contributed by atoms with Crippen molar-refractivity contribution in [1.29, 1.82) is 0 Å². The Morgan fingerprint density at radius 2 is 1.86 bits per heavy atom. The predicted molar refractivity (Wildman–Crippen MR) is 96.1 cm³/mol. The molecule has 0 aliphatic carbocycles. The molecule has 22 heavy (non-hydrogen) atoms. The summed E-state index contributed by atoms with van der Waals surface area (Å²) in [7, 11) is 0. The first kappa shape index (κ1) is 18.7. The minimum Gasteiger partial charge on any atom is -0.246 e. The van der Waals surface area contributed by atoms with Gasteiger partial charge in [-0.15, -0.1) is 6.58 Å². The number of rotatable bonds is 10. The lowest BCUT2D eigenvalue weighted by Gasteiger charge is -2.19. The number of aryl methyl sites for hydroxylation is 1. The molecule has 1 rings (SSSR count). The van der Waals surface area contributed by atoms with E-state index in [0.29, 0.717) is 5.92 Å². The van der Waals surface area contributed by atoms with Crippen LogP contribution in [0, 0.1) is 5.92 Å². The normalized spacial score (nSPS) is 14.6. The zero-order chi connectivity index (χ0) is 16.4. The van der Waals surface area contributed by atoms with Gasteiger partial charge in [0.1, 0.15) is 6.67 Å². The van der Waals surface area contributed by atoms with Crippen LogP contribution in [0.15, 0.2) is 48.6 Å². The van der Waals surface area contributed by atoms with Crippen molar-refractivity contribution in [2.24, 2.45) is 5.92 Å². The topological polar surface area (TPSA) is 0 Å². The van der Waals surface area contributed by atoms with Gasteiger partial charge in [0, 0.05) is 5.92 Å². The van der Waals surface area contributed by atoms with E-state index in [1.807, 2.05) is 19.1 Å². The maximum Gasteiger partial charge on any atom is 0.110 e. The van der Waals surface area contributed by atoms with E-state index in [0.717, 1.165) is 5.57 Å². The van der Waals surface area contributed by atoms with Crippen molar-refractivity contribution >= 4 is 0 Å². The van der Waals surface area contributed by atoms with Crippen LogP contribution in [-0.4, -0.2) is 6.67 Å². The Labute approximate surface area is 136 Å². The van der Waals surface area contributed by atoms with Crippen LogP contribution in [0.1, 0.15) is 63.5 Å². The van der Waals surface area contributed by atoms with E-state index in [-0.39, 0.29) is 12.6 Å². The molecular weight excluding hydrogens is 271 g/mol. The minimum atomic E-state index is -0.381. The number of unbranched alkanes of at least 4 members (excludes halogenated alkanes) is 3. The van der Waals surface area contributed by atoms with Crippen LogP contribution in [0.4, 0.5) is 4.39 Å². The summed E-state index contributed by atoms with van der Waals surface area (Å²) < 4.78 is 12.7. The highest BCUT2D eigenvalue weighted by molar-refractivity contribution is 5.28. The second-order valence-electron chi connectivity index (χ2n) is 6.30. The Kier molecular flexibility index (Phi) is 8.81. The quantitative estimate of drug-likeness (QED) is 0.336. The third-order valence-electron chi connectivity index (χ3n) is 4.36. The Morgan fingerprint density at radius 1 is 1.18 bits per heavy atom. The summed E-state index contributed by atoms with van der Waals surface area (Å²) in [6, 6.07) is 8.91. The average molecular weight is 302 g/mol. The standard InChI is InChI=1S/C21H31F/c1-5-7-8-9-10-19-11-13-21(14-12-19)18(4)20(6-2)15-17(3)16-22/h6,11-15,18,20H,2,5,7-10,16H2,1,3-4H3/b17-15+. The highest BCUT2D eigenvalue weighted by Gasteiger charge is 2.14. The molecule has 0 aromatic heterocycles. The van der Waals surface area contributed by atoms with Gasteiger partial charge in [-0.05, 0) is 42.4 Å². The number of hydrogen-bond acceptors (Lipinski definition) is 0. The Hall–Kier alpha value is -1.37. The molecule has 0 N–H and O–H groups in total. The zero-order valence-electron chi connectivity index (χ0n) is 14.4. The monoisotopic (exact) mass is 302 g/mol. The maximum atomic E-state index is 12.7. The van der Waals surface area contributed by atoms with Crippen molar-refractivity contribution < 1.29 is 4.39 Å². The maximum absolute atomic E-state index is 12.7. The molecule has 0 fully saturated rings. The molecular formula is C21H31F. The summed E-state index contributed by atoms with van der Waals surface area (Å²) in [5.74, 6) is 0.513. The van der Waals surface area contributed by atoms with E-state index in [9.17, 15) is 4.39 Å². The second kappa shape index (κ2) is 10.4. The summed E-state index contributed by atoms with van der Waals surface area (Å²) in [5.41, 5.74) is 3.49. The van der Waals surface area contributed by atoms with Gasteiger partial charge in [0.2, 0.25) is 0 Å². The first-order valence-corrected chi connectivity index (χ1v) is 8.57. The van der Waals surface area contributed by atoms with Crippen molar-refractivity contribution in [1.82, 2.24) is 0 Å². The van der Waals surface area contributed by atoms with E-state index in [2.05, 4.69) is 44.7 Å². The number of hydrogen-bond donors (Lipinski definition) is 0. The fraction of sp³-hybridized carbons (Fsp3) is 0.524. The molecule has 0 nitrogen and oxygen atoms in total. The second-order valence-corrected chi connectivity index (χ2v) is 6.30. The van der Waals surface area contributed by atoms with Crippen molar-refractivity contribution in [3.8, 4) is 0 Å². The predicted octanol–water partition coefficient (Wildman–Crippen LogP) is 6.63. The van der Waals surface area contributed by atoms with Gasteiger partial charge in [0.15, 0.2) is 0 Å². The van der Waals surface area contributed by atoms with Gasteiger partial charge in [-0.3, -0.25) is 0 Å². The third-order valence-corrected chi connectivity index (χ3v) is 4.36. The molecule has 122 valence electrons. The number of halogens is 1. The van der Waals surface area contributed by atoms with Crippen molar-refractivity contribution in [3.05, 3.63) is 59.7 Å². The lowest BCUT2D eigenvalue weighted by Crippen LogP contribution is -2.06. The molecule has 0 aliphatic rings. The highest BCUT2D eigenvalue weighted by Crippen LogP contribution is 2.27. The first-order chi connectivity index (χ1) is 10.6. The van der Waals surface area contributed by atoms with E-state index in [1.54, 1.807) is 0 Å². The summed E-state index contributed by atoms with van der Waals surface area (Å²) in [6.07, 6.45) is 10.3. The van der Waals surface area contributed by atoms with Crippen molar-refractivity contribution in [3.63, 3.8) is 0 Å². The molecule has 2 unspecified atom stereocenters. The summed E-state index contributed by atoms with van der Waals surface area (Å²) >= 11 is 0. The fourth-order valence-corrected chi connectivity index (χ4v) is 2.76. The molecule has 1 heteroatoms. The lowest BCUT2D eigenvalue weighted by molar-refractivity contribution is 0.536. The van der Waals surface area contributed by atoms with E-state index >= 15 is 0 Å². The van der Waals surface area contributed by atoms with E-state index < -0.39 is 0 Å². The Bertz CT molecular complexity index is 455. The molecule has 0 amide bonds. The average Bonchev–Trinajstić information content (AvgIpc) is 2.56. The van der Waals surface area contributed by atoms with Crippen LogP contribution in [-0.2, 0) is 6.42 Å². The SMILES string of the molecule is C=CC(/C=C(\C)CF)C(C)c1ccc(CCCCCC)cc1. The Balaban J connectivity index is 2.66. The molecule has 2 atom stereocenters. The van der Waals surface area contributed by atoms with Gasteiger partial charge >= 0.3 is 0 Å². The smallest absolute Gasteiger partial charge is 0.110 e. The molecule has 0 spiro atoms. The van der Waals surface area contributed by atoms with Gasteiger partial charge in [-0.25, -0.2) is 4.39 Å². The van der Waals surface area contributed by atoms with Crippen molar-refractivity contribution in [2.75, 3.05) is 6.67 Å². The molecule has 0 heterocycles. The van der Waals surface area contributed by atoms with Crippen LogP contribution in [0.5, 0.6) is 0 Å². The Morgan fingerprint density at radius 3 is 2.41 bits per heavy atom. The van der Waals surface area contributed by atoms with Gasteiger partial charge < -0.3 is 0 Å².